The topological polar surface area (TPSA) is 102 Å². The highest BCUT2D eigenvalue weighted by atomic mass is 16.6. The van der Waals surface area contributed by atoms with Gasteiger partial charge in [-0.05, 0) is 12.1 Å². The van der Waals surface area contributed by atoms with Crippen molar-refractivity contribution in [2.24, 2.45) is 0 Å². The zero-order chi connectivity index (χ0) is 11.5. The van der Waals surface area contributed by atoms with Crippen LogP contribution in [0.3, 0.4) is 0 Å². The van der Waals surface area contributed by atoms with Crippen molar-refractivity contribution < 1.29 is 4.92 Å². The van der Waals surface area contributed by atoms with Gasteiger partial charge in [-0.15, -0.1) is 0 Å². The van der Waals surface area contributed by atoms with Crippen molar-refractivity contribution >= 4 is 5.69 Å². The van der Waals surface area contributed by atoms with Crippen LogP contribution in [0.4, 0.5) is 5.69 Å². The van der Waals surface area contributed by atoms with Crippen LogP contribution in [0.15, 0.2) is 35.5 Å². The van der Waals surface area contributed by atoms with E-state index >= 15 is 0 Å². The number of hydrogen-bond donors (Lipinski definition) is 1. The molecule has 0 spiro atoms. The maximum atomic E-state index is 11.3. The van der Waals surface area contributed by atoms with Crippen molar-refractivity contribution in [3.8, 4) is 11.4 Å². The van der Waals surface area contributed by atoms with E-state index in [0.717, 1.165) is 6.20 Å². The van der Waals surface area contributed by atoms with E-state index in [0.29, 0.717) is 5.56 Å². The number of pyridine rings is 1. The predicted octanol–water partition coefficient (Wildman–Crippen LogP) is 0.740. The lowest BCUT2D eigenvalue weighted by atomic mass is 10.3. The third-order valence-corrected chi connectivity index (χ3v) is 1.91. The van der Waals surface area contributed by atoms with E-state index in [4.69, 9.17) is 0 Å². The molecule has 0 saturated heterocycles. The van der Waals surface area contributed by atoms with Crippen LogP contribution in [0.25, 0.3) is 11.4 Å². The van der Waals surface area contributed by atoms with Crippen molar-refractivity contribution in [1.29, 1.82) is 0 Å². The lowest BCUT2D eigenvalue weighted by Gasteiger charge is -1.98. The highest BCUT2D eigenvalue weighted by molar-refractivity contribution is 5.53. The highest BCUT2D eigenvalue weighted by Crippen LogP contribution is 2.11. The molecule has 0 aliphatic rings. The van der Waals surface area contributed by atoms with Crippen LogP contribution in [-0.4, -0.2) is 19.9 Å². The van der Waals surface area contributed by atoms with Crippen LogP contribution in [-0.2, 0) is 0 Å². The monoisotopic (exact) mass is 218 g/mol. The summed E-state index contributed by atoms with van der Waals surface area (Å²) in [4.78, 5) is 30.9. The zero-order valence-electron chi connectivity index (χ0n) is 7.95. The van der Waals surface area contributed by atoms with Gasteiger partial charge in [0.25, 0.3) is 0 Å². The van der Waals surface area contributed by atoms with Crippen molar-refractivity contribution in [3.05, 3.63) is 51.2 Å². The second-order valence-electron chi connectivity index (χ2n) is 2.94. The molecule has 0 aliphatic heterocycles. The summed E-state index contributed by atoms with van der Waals surface area (Å²) in [7, 11) is 0. The van der Waals surface area contributed by atoms with E-state index < -0.39 is 16.2 Å². The summed E-state index contributed by atoms with van der Waals surface area (Å²) >= 11 is 0. The lowest BCUT2D eigenvalue weighted by molar-refractivity contribution is -0.386. The molecule has 0 aromatic carbocycles. The average Bonchev–Trinajstić information content (AvgIpc) is 2.29. The molecule has 0 saturated carbocycles. The molecule has 0 fully saturated rings. The Labute approximate surface area is 89.0 Å². The number of rotatable bonds is 2. The van der Waals surface area contributed by atoms with Gasteiger partial charge in [0.2, 0.25) is 0 Å². The Hall–Kier alpha value is -2.57. The van der Waals surface area contributed by atoms with E-state index in [-0.39, 0.29) is 5.82 Å². The molecule has 7 nitrogen and oxygen atoms in total. The molecule has 0 aliphatic carbocycles. The second kappa shape index (κ2) is 3.89. The second-order valence-corrected chi connectivity index (χ2v) is 2.94. The molecule has 16 heavy (non-hydrogen) atoms. The molecular formula is C9H6N4O3. The molecule has 2 aromatic rings. The first-order valence-electron chi connectivity index (χ1n) is 4.32. The molecule has 0 bridgehead atoms. The fraction of sp³-hybridized carbons (Fsp3) is 0. The maximum Gasteiger partial charge on any atom is 0.351 e. The fourth-order valence-electron chi connectivity index (χ4n) is 1.17. The summed E-state index contributed by atoms with van der Waals surface area (Å²) in [5.74, 6) is 0.253. The Balaban J connectivity index is 2.51. The quantitative estimate of drug-likeness (QED) is 0.591. The summed E-state index contributed by atoms with van der Waals surface area (Å²) in [6.45, 7) is 0. The van der Waals surface area contributed by atoms with Crippen LogP contribution in [0.5, 0.6) is 0 Å². The van der Waals surface area contributed by atoms with E-state index in [1.165, 1.54) is 6.20 Å². The first-order valence-corrected chi connectivity index (χ1v) is 4.32. The van der Waals surface area contributed by atoms with Crippen molar-refractivity contribution in [3.63, 3.8) is 0 Å². The minimum absolute atomic E-state index is 0.253. The van der Waals surface area contributed by atoms with Gasteiger partial charge in [-0.2, -0.15) is 0 Å². The number of H-pyrrole nitrogens is 1. The van der Waals surface area contributed by atoms with Gasteiger partial charge in [-0.1, -0.05) is 0 Å². The van der Waals surface area contributed by atoms with Crippen LogP contribution in [0.2, 0.25) is 0 Å². The number of nitrogens with zero attached hydrogens (tertiary/aromatic N) is 3. The fourth-order valence-corrected chi connectivity index (χ4v) is 1.17. The third-order valence-electron chi connectivity index (χ3n) is 1.91. The maximum absolute atomic E-state index is 11.3. The molecule has 0 atom stereocenters. The third kappa shape index (κ3) is 1.78. The summed E-state index contributed by atoms with van der Waals surface area (Å²) in [6.07, 6.45) is 4.01. The summed E-state index contributed by atoms with van der Waals surface area (Å²) < 4.78 is 0. The van der Waals surface area contributed by atoms with Crippen molar-refractivity contribution in [1.82, 2.24) is 15.0 Å². The van der Waals surface area contributed by atoms with E-state index in [1.54, 1.807) is 18.3 Å². The van der Waals surface area contributed by atoms with Gasteiger partial charge in [-0.25, -0.2) is 4.98 Å². The van der Waals surface area contributed by atoms with E-state index in [2.05, 4.69) is 15.0 Å². The van der Waals surface area contributed by atoms with Gasteiger partial charge >= 0.3 is 11.2 Å². The minimum Gasteiger partial charge on any atom is -0.301 e. The predicted molar refractivity (Wildman–Crippen MR) is 54.7 cm³/mol. The number of nitrogens with one attached hydrogen (secondary N) is 1. The van der Waals surface area contributed by atoms with Gasteiger partial charge in [-0.3, -0.25) is 19.9 Å². The smallest absolute Gasteiger partial charge is 0.301 e. The Morgan fingerprint density at radius 1 is 1.38 bits per heavy atom. The molecule has 1 N–H and O–H groups in total. The van der Waals surface area contributed by atoms with Crippen LogP contribution in [0.1, 0.15) is 0 Å². The lowest BCUT2D eigenvalue weighted by Crippen LogP contribution is -2.13. The van der Waals surface area contributed by atoms with Crippen LogP contribution in [0, 0.1) is 10.1 Å². The van der Waals surface area contributed by atoms with E-state index in [1.807, 2.05) is 0 Å². The average molecular weight is 218 g/mol. The number of aromatic amines is 1. The normalized spacial score (nSPS) is 10.0. The molecule has 2 rings (SSSR count). The first kappa shape index (κ1) is 9.97. The summed E-state index contributed by atoms with van der Waals surface area (Å²) in [6, 6.07) is 3.37. The molecular weight excluding hydrogens is 212 g/mol. The van der Waals surface area contributed by atoms with Gasteiger partial charge in [0.05, 0.1) is 4.92 Å². The van der Waals surface area contributed by atoms with Gasteiger partial charge in [0.1, 0.15) is 12.0 Å². The van der Waals surface area contributed by atoms with E-state index in [9.17, 15) is 14.9 Å². The SMILES string of the molecule is O=c1[nH]c(-c2cccnc2)ncc1[N+](=O)[O-]. The number of aromatic nitrogens is 3. The number of hydrogen-bond acceptors (Lipinski definition) is 5. The molecule has 0 radical (unpaired) electrons. The van der Waals surface area contributed by atoms with Gasteiger partial charge in [0.15, 0.2) is 0 Å². The molecule has 0 unspecified atom stereocenters. The summed E-state index contributed by atoms with van der Waals surface area (Å²) in [5, 5.41) is 10.4. The van der Waals surface area contributed by atoms with Crippen LogP contribution >= 0.6 is 0 Å². The Morgan fingerprint density at radius 2 is 2.19 bits per heavy atom. The first-order chi connectivity index (χ1) is 7.68. The molecule has 2 aromatic heterocycles. The van der Waals surface area contributed by atoms with Crippen molar-refractivity contribution in [2.75, 3.05) is 0 Å². The Morgan fingerprint density at radius 3 is 2.75 bits per heavy atom. The highest BCUT2D eigenvalue weighted by Gasteiger charge is 2.13. The molecule has 80 valence electrons. The number of nitro groups is 1. The Bertz CT molecular complexity index is 579. The molecule has 2 heterocycles. The molecule has 7 heteroatoms. The van der Waals surface area contributed by atoms with Crippen molar-refractivity contribution in [2.45, 2.75) is 0 Å². The van der Waals surface area contributed by atoms with Gasteiger partial charge in [0, 0.05) is 18.0 Å². The van der Waals surface area contributed by atoms with Gasteiger partial charge < -0.3 is 4.98 Å². The van der Waals surface area contributed by atoms with Crippen LogP contribution < -0.4 is 5.56 Å². The zero-order valence-corrected chi connectivity index (χ0v) is 7.95. The minimum atomic E-state index is -0.779. The largest absolute Gasteiger partial charge is 0.351 e. The molecule has 0 amide bonds. The Kier molecular flexibility index (Phi) is 2.42. The standard InChI is InChI=1S/C9H6N4O3/c14-9-7(13(15)16)5-11-8(12-9)6-2-1-3-10-4-6/h1-5H,(H,11,12,14). The summed E-state index contributed by atoms with van der Waals surface area (Å²) in [5.41, 5.74) is -0.763.